The maximum atomic E-state index is 13.1. The van der Waals surface area contributed by atoms with Crippen molar-refractivity contribution in [3.8, 4) is 22.7 Å². The Morgan fingerprint density at radius 2 is 1.89 bits per heavy atom. The number of carbonyl (C=O) groups is 1. The van der Waals surface area contributed by atoms with Gasteiger partial charge in [-0.25, -0.2) is 9.48 Å². The number of nitrogens with zero attached hydrogens (tertiary/aromatic N) is 3. The highest BCUT2D eigenvalue weighted by atomic mass is 35.5. The molecule has 2 aliphatic rings. The monoisotopic (exact) mass is 507 g/mol. The standard InChI is InChI=1S/C24H21ClF3N3O4/c25-16-7-5-14(6-8-16)22-17-11-15(21-13-30(23(32)33)9-10-34-21)12-18(17)29-31(22)19-3-1-2-4-20(19)35-24(26,27)28/h1-8,15,21H,9-13H2,(H,32,33). The molecule has 1 saturated heterocycles. The zero-order valence-electron chi connectivity index (χ0n) is 18.3. The van der Waals surface area contributed by atoms with Gasteiger partial charge in [0.05, 0.1) is 30.6 Å². The van der Waals surface area contributed by atoms with Crippen molar-refractivity contribution in [2.75, 3.05) is 19.7 Å². The molecule has 2 heterocycles. The van der Waals surface area contributed by atoms with Gasteiger partial charge < -0.3 is 19.5 Å². The van der Waals surface area contributed by atoms with Gasteiger partial charge in [-0.2, -0.15) is 5.10 Å². The number of hydrogen-bond acceptors (Lipinski definition) is 4. The van der Waals surface area contributed by atoms with E-state index >= 15 is 0 Å². The molecule has 2 atom stereocenters. The van der Waals surface area contributed by atoms with Gasteiger partial charge in [-0.1, -0.05) is 35.9 Å². The highest BCUT2D eigenvalue weighted by Crippen LogP contribution is 2.41. The van der Waals surface area contributed by atoms with Gasteiger partial charge in [0, 0.05) is 22.7 Å². The first kappa shape index (κ1) is 23.5. The zero-order chi connectivity index (χ0) is 24.7. The number of ether oxygens (including phenoxy) is 2. The molecule has 0 radical (unpaired) electrons. The lowest BCUT2D eigenvalue weighted by Gasteiger charge is -2.34. The van der Waals surface area contributed by atoms with Crippen LogP contribution in [0, 0.1) is 5.92 Å². The minimum Gasteiger partial charge on any atom is -0.465 e. The molecule has 184 valence electrons. The molecule has 1 aromatic heterocycles. The van der Waals surface area contributed by atoms with Crippen LogP contribution in [0.4, 0.5) is 18.0 Å². The third-order valence-corrected chi connectivity index (χ3v) is 6.57. The molecule has 5 rings (SSSR count). The largest absolute Gasteiger partial charge is 0.573 e. The number of para-hydroxylation sites is 2. The Bertz CT molecular complexity index is 1250. The number of hydrogen-bond donors (Lipinski definition) is 1. The number of benzene rings is 2. The summed E-state index contributed by atoms with van der Waals surface area (Å²) >= 11 is 6.07. The maximum absolute atomic E-state index is 13.1. The molecule has 2 unspecified atom stereocenters. The van der Waals surface area contributed by atoms with Crippen LogP contribution >= 0.6 is 11.6 Å². The van der Waals surface area contributed by atoms with E-state index < -0.39 is 12.5 Å². The first-order valence-electron chi connectivity index (χ1n) is 11.0. The van der Waals surface area contributed by atoms with Crippen molar-refractivity contribution in [3.05, 3.63) is 64.8 Å². The lowest BCUT2D eigenvalue weighted by Crippen LogP contribution is -2.48. The Morgan fingerprint density at radius 3 is 2.60 bits per heavy atom. The average Bonchev–Trinajstić information content (AvgIpc) is 3.37. The fraction of sp³-hybridized carbons (Fsp3) is 0.333. The molecule has 1 aliphatic carbocycles. The third-order valence-electron chi connectivity index (χ3n) is 6.32. The summed E-state index contributed by atoms with van der Waals surface area (Å²) < 4.78 is 50.9. The number of amides is 1. The van der Waals surface area contributed by atoms with Gasteiger partial charge >= 0.3 is 12.5 Å². The Hall–Kier alpha value is -3.24. The number of carboxylic acid groups (broad SMARTS) is 1. The molecular weight excluding hydrogens is 487 g/mol. The van der Waals surface area contributed by atoms with Crippen LogP contribution in [-0.4, -0.2) is 58.0 Å². The first-order valence-corrected chi connectivity index (χ1v) is 11.4. The van der Waals surface area contributed by atoms with Crippen molar-refractivity contribution in [1.82, 2.24) is 14.7 Å². The van der Waals surface area contributed by atoms with Crippen LogP contribution in [0.15, 0.2) is 48.5 Å². The van der Waals surface area contributed by atoms with E-state index in [1.165, 1.54) is 27.8 Å². The predicted molar refractivity (Wildman–Crippen MR) is 121 cm³/mol. The van der Waals surface area contributed by atoms with Crippen molar-refractivity contribution in [3.63, 3.8) is 0 Å². The van der Waals surface area contributed by atoms with Crippen molar-refractivity contribution in [2.24, 2.45) is 5.92 Å². The number of alkyl halides is 3. The maximum Gasteiger partial charge on any atom is 0.573 e. The summed E-state index contributed by atoms with van der Waals surface area (Å²) in [6, 6.07) is 12.9. The summed E-state index contributed by atoms with van der Waals surface area (Å²) in [5.41, 5.74) is 3.16. The van der Waals surface area contributed by atoms with Gasteiger partial charge in [0.25, 0.3) is 0 Å². The second-order valence-electron chi connectivity index (χ2n) is 8.51. The van der Waals surface area contributed by atoms with Crippen LogP contribution in [-0.2, 0) is 17.6 Å². The van der Waals surface area contributed by atoms with E-state index in [0.29, 0.717) is 36.7 Å². The van der Waals surface area contributed by atoms with Crippen molar-refractivity contribution in [1.29, 1.82) is 0 Å². The Kier molecular flexibility index (Phi) is 6.10. The first-order chi connectivity index (χ1) is 16.7. The number of aromatic nitrogens is 2. The predicted octanol–water partition coefficient (Wildman–Crippen LogP) is 5.18. The SMILES string of the molecule is O=C(O)N1CCOC(C2Cc3nn(-c4ccccc4OC(F)(F)F)c(-c4ccc(Cl)cc4)c3C2)C1. The minimum atomic E-state index is -4.86. The van der Waals surface area contributed by atoms with Gasteiger partial charge in [0.2, 0.25) is 0 Å². The summed E-state index contributed by atoms with van der Waals surface area (Å²) in [6.45, 7) is 0.905. The smallest absolute Gasteiger partial charge is 0.465 e. The molecular formula is C24H21ClF3N3O4. The Morgan fingerprint density at radius 1 is 1.14 bits per heavy atom. The summed E-state index contributed by atoms with van der Waals surface area (Å²) in [5.74, 6) is -0.363. The highest BCUT2D eigenvalue weighted by Gasteiger charge is 2.38. The Balaban J connectivity index is 1.55. The fourth-order valence-electron chi connectivity index (χ4n) is 4.78. The van der Waals surface area contributed by atoms with Gasteiger partial charge in [-0.3, -0.25) is 0 Å². The van der Waals surface area contributed by atoms with Crippen molar-refractivity contribution < 1.29 is 32.5 Å². The average molecular weight is 508 g/mol. The molecule has 2 aromatic carbocycles. The molecule has 1 aliphatic heterocycles. The van der Waals surface area contributed by atoms with Gasteiger partial charge in [0.15, 0.2) is 5.75 Å². The normalized spacial score (nSPS) is 20.1. The number of rotatable bonds is 4. The van der Waals surface area contributed by atoms with E-state index in [0.717, 1.165) is 16.8 Å². The third kappa shape index (κ3) is 4.81. The van der Waals surface area contributed by atoms with E-state index in [-0.39, 0.29) is 30.0 Å². The Labute approximate surface area is 203 Å². The molecule has 1 fully saturated rings. The summed E-state index contributed by atoms with van der Waals surface area (Å²) in [4.78, 5) is 12.8. The van der Waals surface area contributed by atoms with Crippen molar-refractivity contribution in [2.45, 2.75) is 25.3 Å². The lowest BCUT2D eigenvalue weighted by molar-refractivity contribution is -0.274. The molecule has 1 amide bonds. The van der Waals surface area contributed by atoms with E-state index in [2.05, 4.69) is 4.74 Å². The number of fused-ring (bicyclic) bond motifs is 1. The second-order valence-corrected chi connectivity index (χ2v) is 8.95. The van der Waals surface area contributed by atoms with Crippen molar-refractivity contribution >= 4 is 17.7 Å². The minimum absolute atomic E-state index is 0.00276. The lowest BCUT2D eigenvalue weighted by atomic mass is 9.96. The molecule has 1 N–H and O–H groups in total. The topological polar surface area (TPSA) is 76.8 Å². The summed E-state index contributed by atoms with van der Waals surface area (Å²) in [7, 11) is 0. The van der Waals surface area contributed by atoms with Crippen LogP contribution in [0.5, 0.6) is 5.75 Å². The zero-order valence-corrected chi connectivity index (χ0v) is 19.1. The van der Waals surface area contributed by atoms with Crippen LogP contribution in [0.3, 0.4) is 0 Å². The molecule has 0 bridgehead atoms. The van der Waals surface area contributed by atoms with Gasteiger partial charge in [-0.05, 0) is 43.0 Å². The molecule has 3 aromatic rings. The number of morpholine rings is 1. The quantitative estimate of drug-likeness (QED) is 0.526. The van der Waals surface area contributed by atoms with Crippen LogP contribution in [0.1, 0.15) is 11.3 Å². The summed E-state index contributed by atoms with van der Waals surface area (Å²) in [6.07, 6.45) is -5.06. The van der Waals surface area contributed by atoms with E-state index in [9.17, 15) is 23.1 Å². The highest BCUT2D eigenvalue weighted by molar-refractivity contribution is 6.30. The molecule has 0 saturated carbocycles. The van der Waals surface area contributed by atoms with Crippen LogP contribution in [0.25, 0.3) is 16.9 Å². The van der Waals surface area contributed by atoms with Gasteiger partial charge in [0.1, 0.15) is 5.69 Å². The van der Waals surface area contributed by atoms with E-state index in [4.69, 9.17) is 21.4 Å². The second kappa shape index (κ2) is 9.09. The molecule has 35 heavy (non-hydrogen) atoms. The molecule has 11 heteroatoms. The van der Waals surface area contributed by atoms with Crippen LogP contribution in [0.2, 0.25) is 5.02 Å². The van der Waals surface area contributed by atoms with E-state index in [1.807, 2.05) is 0 Å². The van der Waals surface area contributed by atoms with Gasteiger partial charge in [-0.15, -0.1) is 13.2 Å². The fourth-order valence-corrected chi connectivity index (χ4v) is 4.90. The number of halogens is 4. The molecule has 0 spiro atoms. The van der Waals surface area contributed by atoms with E-state index in [1.54, 1.807) is 30.3 Å². The van der Waals surface area contributed by atoms with Crippen LogP contribution < -0.4 is 4.74 Å². The molecule has 7 nitrogen and oxygen atoms in total. The summed E-state index contributed by atoms with van der Waals surface area (Å²) in [5, 5.41) is 14.6.